The number of primary amides is 1. The smallest absolute Gasteiger partial charge is 0.429 e. The molecule has 0 radical (unpaired) electrons. The largest absolute Gasteiger partial charge is 0.447 e. The normalized spacial score (nSPS) is 17.6. The molecule has 9 nitrogen and oxygen atoms in total. The van der Waals surface area contributed by atoms with Gasteiger partial charge in [-0.3, -0.25) is 14.5 Å². The Morgan fingerprint density at radius 3 is 2.30 bits per heavy atom. The Morgan fingerprint density at radius 1 is 0.841 bits per heavy atom. The molecule has 0 aliphatic carbocycles. The molecule has 2 heterocycles. The number of para-hydroxylation sites is 1. The maximum absolute atomic E-state index is 13.5. The summed E-state index contributed by atoms with van der Waals surface area (Å²) in [6.07, 6.45) is 5.63. The van der Waals surface area contributed by atoms with Gasteiger partial charge in [0, 0.05) is 37.3 Å². The summed E-state index contributed by atoms with van der Waals surface area (Å²) in [5, 5.41) is 6.88. The summed E-state index contributed by atoms with van der Waals surface area (Å²) in [6, 6.07) is 25.2. The average molecular weight is 598 g/mol. The first-order valence-corrected chi connectivity index (χ1v) is 15.7. The number of piperidine rings is 2. The van der Waals surface area contributed by atoms with E-state index in [0.29, 0.717) is 18.7 Å². The summed E-state index contributed by atoms with van der Waals surface area (Å²) in [6.45, 7) is 3.68. The van der Waals surface area contributed by atoms with E-state index in [0.717, 1.165) is 80.5 Å². The molecule has 44 heavy (non-hydrogen) atoms. The van der Waals surface area contributed by atoms with E-state index in [4.69, 9.17) is 10.5 Å². The minimum Gasteiger partial charge on any atom is -0.447 e. The minimum absolute atomic E-state index is 0.0393. The maximum Gasteiger partial charge on any atom is 0.429 e. The molecule has 3 N–H and O–H groups in total. The zero-order valence-corrected chi connectivity index (χ0v) is 25.3. The highest BCUT2D eigenvalue weighted by Crippen LogP contribution is 2.33. The molecular formula is C35H43N5O4. The van der Waals surface area contributed by atoms with Crippen LogP contribution in [0.5, 0.6) is 0 Å². The first-order valence-electron chi connectivity index (χ1n) is 15.7. The van der Waals surface area contributed by atoms with Gasteiger partial charge in [-0.25, -0.2) is 14.8 Å². The fraction of sp³-hybridized carbons (Fsp3) is 0.400. The summed E-state index contributed by atoms with van der Waals surface area (Å²) in [5.74, 6) is -0.313. The van der Waals surface area contributed by atoms with Crippen molar-refractivity contribution in [2.24, 2.45) is 5.73 Å². The fourth-order valence-corrected chi connectivity index (χ4v) is 6.07. The number of hydrazine groups is 1. The maximum atomic E-state index is 13.5. The highest BCUT2D eigenvalue weighted by molar-refractivity contribution is 5.97. The van der Waals surface area contributed by atoms with Crippen molar-refractivity contribution in [1.82, 2.24) is 15.2 Å². The van der Waals surface area contributed by atoms with Crippen LogP contribution < -0.4 is 16.1 Å². The predicted octanol–water partition coefficient (Wildman–Crippen LogP) is 5.01. The second-order valence-corrected chi connectivity index (χ2v) is 11.5. The number of likely N-dealkylation sites (tertiary alicyclic amines) is 1. The van der Waals surface area contributed by atoms with Gasteiger partial charge in [0.25, 0.3) is 0 Å². The Balaban J connectivity index is 1.13. The van der Waals surface area contributed by atoms with E-state index in [1.807, 2.05) is 78.9 Å². The number of anilines is 1. The van der Waals surface area contributed by atoms with Crippen molar-refractivity contribution in [3.8, 4) is 11.1 Å². The Bertz CT molecular complexity index is 1390. The van der Waals surface area contributed by atoms with Crippen LogP contribution in [0, 0.1) is 0 Å². The van der Waals surface area contributed by atoms with Crippen molar-refractivity contribution >= 4 is 23.5 Å². The standard InChI is InChI=1S/C35H43N5O4/c36-34(42)32-15-7-10-21-38(32)26-27-16-18-29(19-17-27)33(41)25-37-20-24-44-35(43)40(39-22-8-2-9-23-39)31-14-6-5-13-30(31)28-11-3-1-4-12-28/h1,3-6,11-14,16-19,32,37H,2,7-10,15,20-26H2,(H2,36,42). The quantitative estimate of drug-likeness (QED) is 0.223. The molecular weight excluding hydrogens is 554 g/mol. The molecule has 0 saturated carbocycles. The number of rotatable bonds is 12. The molecule has 5 rings (SSSR count). The summed E-state index contributed by atoms with van der Waals surface area (Å²) in [7, 11) is 0. The first kappa shape index (κ1) is 31.4. The lowest BCUT2D eigenvalue weighted by atomic mass is 10.00. The number of ether oxygens (including phenoxy) is 1. The van der Waals surface area contributed by atoms with Crippen LogP contribution in [-0.2, 0) is 16.1 Å². The van der Waals surface area contributed by atoms with Crippen LogP contribution >= 0.6 is 0 Å². The van der Waals surface area contributed by atoms with Crippen molar-refractivity contribution in [2.75, 3.05) is 44.3 Å². The third kappa shape index (κ3) is 8.11. The van der Waals surface area contributed by atoms with Gasteiger partial charge in [-0.15, -0.1) is 0 Å². The number of ketones is 1. The van der Waals surface area contributed by atoms with Gasteiger partial charge in [0.1, 0.15) is 6.61 Å². The van der Waals surface area contributed by atoms with E-state index in [1.165, 1.54) is 0 Å². The number of hydrogen-bond acceptors (Lipinski definition) is 7. The molecule has 9 heteroatoms. The summed E-state index contributed by atoms with van der Waals surface area (Å²) in [4.78, 5) is 40.3. The Morgan fingerprint density at radius 2 is 1.55 bits per heavy atom. The number of amides is 2. The van der Waals surface area contributed by atoms with Crippen LogP contribution in [0.4, 0.5) is 10.5 Å². The van der Waals surface area contributed by atoms with Gasteiger partial charge in [0.2, 0.25) is 5.91 Å². The highest BCUT2D eigenvalue weighted by Gasteiger charge is 2.29. The van der Waals surface area contributed by atoms with E-state index in [1.54, 1.807) is 5.01 Å². The van der Waals surface area contributed by atoms with Gasteiger partial charge in [-0.2, -0.15) is 0 Å². The topological polar surface area (TPSA) is 108 Å². The lowest BCUT2D eigenvalue weighted by Crippen LogP contribution is -2.50. The zero-order valence-electron chi connectivity index (χ0n) is 25.3. The molecule has 0 aromatic heterocycles. The molecule has 2 saturated heterocycles. The predicted molar refractivity (Wildman–Crippen MR) is 172 cm³/mol. The molecule has 1 atom stereocenters. The first-order chi connectivity index (χ1) is 21.5. The molecule has 0 bridgehead atoms. The van der Waals surface area contributed by atoms with Crippen LogP contribution in [0.15, 0.2) is 78.9 Å². The van der Waals surface area contributed by atoms with Gasteiger partial charge < -0.3 is 15.8 Å². The molecule has 232 valence electrons. The van der Waals surface area contributed by atoms with Crippen LogP contribution in [-0.4, -0.2) is 73.1 Å². The summed E-state index contributed by atoms with van der Waals surface area (Å²) >= 11 is 0. The molecule has 2 amide bonds. The molecule has 2 aliphatic heterocycles. The van der Waals surface area contributed by atoms with E-state index in [-0.39, 0.29) is 30.9 Å². The molecule has 2 fully saturated rings. The van der Waals surface area contributed by atoms with Crippen LogP contribution in [0.2, 0.25) is 0 Å². The monoisotopic (exact) mass is 597 g/mol. The van der Waals surface area contributed by atoms with E-state index >= 15 is 0 Å². The van der Waals surface area contributed by atoms with Crippen molar-refractivity contribution < 1.29 is 19.1 Å². The van der Waals surface area contributed by atoms with Gasteiger partial charge in [-0.1, -0.05) is 85.6 Å². The lowest BCUT2D eigenvalue weighted by Gasteiger charge is -2.37. The fourth-order valence-electron chi connectivity index (χ4n) is 6.07. The van der Waals surface area contributed by atoms with Gasteiger partial charge >= 0.3 is 6.09 Å². The Kier molecular flexibility index (Phi) is 11.1. The van der Waals surface area contributed by atoms with Crippen molar-refractivity contribution in [3.63, 3.8) is 0 Å². The van der Waals surface area contributed by atoms with Gasteiger partial charge in [-0.05, 0) is 49.4 Å². The zero-order chi connectivity index (χ0) is 30.7. The number of nitrogens with one attached hydrogen (secondary N) is 1. The van der Waals surface area contributed by atoms with Crippen LogP contribution in [0.1, 0.15) is 54.4 Å². The molecule has 2 aliphatic rings. The molecule has 3 aromatic rings. The number of nitrogens with zero attached hydrogens (tertiary/aromatic N) is 3. The average Bonchev–Trinajstić information content (AvgIpc) is 3.06. The van der Waals surface area contributed by atoms with E-state index < -0.39 is 6.09 Å². The van der Waals surface area contributed by atoms with Crippen LogP contribution in [0.25, 0.3) is 11.1 Å². The van der Waals surface area contributed by atoms with Gasteiger partial charge in [0.05, 0.1) is 18.3 Å². The van der Waals surface area contributed by atoms with Crippen molar-refractivity contribution in [1.29, 1.82) is 0 Å². The van der Waals surface area contributed by atoms with Crippen molar-refractivity contribution in [2.45, 2.75) is 51.1 Å². The lowest BCUT2D eigenvalue weighted by molar-refractivity contribution is -0.124. The van der Waals surface area contributed by atoms with E-state index in [9.17, 15) is 14.4 Å². The number of Topliss-reactive ketones (excluding diaryl/α,β-unsaturated/α-hetero) is 1. The third-order valence-corrected chi connectivity index (χ3v) is 8.40. The number of benzene rings is 3. The SMILES string of the molecule is NC(=O)C1CCCCN1Cc1ccc(C(=O)CNCCOC(=O)N(c2ccccc2-c2ccccc2)N2CCCCC2)cc1. The Labute approximate surface area is 259 Å². The van der Waals surface area contributed by atoms with E-state index in [2.05, 4.69) is 15.2 Å². The summed E-state index contributed by atoms with van der Waals surface area (Å²) < 4.78 is 5.74. The minimum atomic E-state index is -0.425. The molecule has 3 aromatic carbocycles. The number of nitrogens with two attached hydrogens (primary N) is 1. The third-order valence-electron chi connectivity index (χ3n) is 8.40. The summed E-state index contributed by atoms with van der Waals surface area (Å²) in [5.41, 5.74) is 10.0. The number of carbonyl (C=O) groups excluding carboxylic acids is 3. The highest BCUT2D eigenvalue weighted by atomic mass is 16.6. The number of hydrogen-bond donors (Lipinski definition) is 2. The number of carbonyl (C=O) groups is 3. The second kappa shape index (κ2) is 15.6. The van der Waals surface area contributed by atoms with Gasteiger partial charge in [0.15, 0.2) is 5.78 Å². The molecule has 1 unspecified atom stereocenters. The second-order valence-electron chi connectivity index (χ2n) is 11.5. The molecule has 0 spiro atoms. The van der Waals surface area contributed by atoms with Crippen molar-refractivity contribution in [3.05, 3.63) is 90.0 Å². The van der Waals surface area contributed by atoms with Crippen LogP contribution in [0.3, 0.4) is 0 Å². The Hall–Kier alpha value is -4.05.